The van der Waals surface area contributed by atoms with Gasteiger partial charge in [0.2, 0.25) is 0 Å². The Labute approximate surface area is 76.8 Å². The highest BCUT2D eigenvalue weighted by Gasteiger charge is 2.07. The lowest BCUT2D eigenvalue weighted by atomic mass is 10.1. The molecule has 2 heteroatoms. The van der Waals surface area contributed by atoms with Crippen molar-refractivity contribution in [2.75, 3.05) is 13.2 Å². The maximum atomic E-state index is 12.5. The summed E-state index contributed by atoms with van der Waals surface area (Å²) in [6.45, 7) is 1.53. The largest absolute Gasteiger partial charge is 0.373 e. The second-order valence-corrected chi connectivity index (χ2v) is 3.19. The van der Waals surface area contributed by atoms with Crippen LogP contribution < -0.4 is 0 Å². The van der Waals surface area contributed by atoms with Gasteiger partial charge in [-0.05, 0) is 29.7 Å². The lowest BCUT2D eigenvalue weighted by Gasteiger charge is -2.17. The van der Waals surface area contributed by atoms with Crippen molar-refractivity contribution in [2.45, 2.75) is 6.42 Å². The van der Waals surface area contributed by atoms with Crippen molar-refractivity contribution < 1.29 is 9.13 Å². The molecule has 0 aromatic heterocycles. The summed E-state index contributed by atoms with van der Waals surface area (Å²) in [6, 6.07) is 6.61. The Balaban J connectivity index is 1.97. The number of rotatable bonds is 2. The van der Waals surface area contributed by atoms with Crippen LogP contribution >= 0.6 is 0 Å². The summed E-state index contributed by atoms with van der Waals surface area (Å²) in [7, 11) is 0. The Morgan fingerprint density at radius 3 is 2.46 bits per heavy atom. The minimum absolute atomic E-state index is 0.177. The molecule has 1 fully saturated rings. The molecule has 0 radical (unpaired) electrons. The lowest BCUT2D eigenvalue weighted by molar-refractivity contribution is 0.102. The summed E-state index contributed by atoms with van der Waals surface area (Å²) >= 11 is 0. The molecule has 0 N–H and O–H groups in total. The maximum Gasteiger partial charge on any atom is 0.123 e. The van der Waals surface area contributed by atoms with Crippen LogP contribution in [-0.2, 0) is 11.2 Å². The first-order chi connectivity index (χ1) is 6.34. The standard InChI is InChI=1S/C11H11FO/c12-11-5-3-9(4-6-11)1-2-10-7-13-8-10/h2-6H,1,7-8H2. The zero-order chi connectivity index (χ0) is 9.10. The average molecular weight is 178 g/mol. The molecule has 0 spiro atoms. The van der Waals surface area contributed by atoms with Crippen molar-refractivity contribution in [3.63, 3.8) is 0 Å². The number of hydrogen-bond acceptors (Lipinski definition) is 1. The first kappa shape index (κ1) is 8.45. The third-order valence-electron chi connectivity index (χ3n) is 2.11. The molecule has 1 aromatic carbocycles. The molecule has 1 aliphatic rings. The van der Waals surface area contributed by atoms with Crippen LogP contribution in [0.4, 0.5) is 4.39 Å². The minimum Gasteiger partial charge on any atom is -0.373 e. The number of benzene rings is 1. The summed E-state index contributed by atoms with van der Waals surface area (Å²) in [6.07, 6.45) is 3.02. The van der Waals surface area contributed by atoms with Gasteiger partial charge in [0.05, 0.1) is 13.2 Å². The Hall–Kier alpha value is -1.15. The summed E-state index contributed by atoms with van der Waals surface area (Å²) in [4.78, 5) is 0. The van der Waals surface area contributed by atoms with E-state index in [0.29, 0.717) is 0 Å². The first-order valence-electron chi connectivity index (χ1n) is 4.35. The molecule has 68 valence electrons. The number of allylic oxidation sites excluding steroid dienone is 1. The fourth-order valence-electron chi connectivity index (χ4n) is 1.22. The van der Waals surface area contributed by atoms with Gasteiger partial charge in [-0.15, -0.1) is 0 Å². The SMILES string of the molecule is Fc1ccc(CC=C2COC2)cc1. The highest BCUT2D eigenvalue weighted by Crippen LogP contribution is 2.11. The first-order valence-corrected chi connectivity index (χ1v) is 4.35. The maximum absolute atomic E-state index is 12.5. The summed E-state index contributed by atoms with van der Waals surface area (Å²) in [5.41, 5.74) is 2.48. The lowest BCUT2D eigenvalue weighted by Crippen LogP contribution is -2.16. The van der Waals surface area contributed by atoms with E-state index in [1.54, 1.807) is 0 Å². The molecule has 0 unspecified atom stereocenters. The van der Waals surface area contributed by atoms with E-state index in [0.717, 1.165) is 25.2 Å². The van der Waals surface area contributed by atoms with Gasteiger partial charge in [0, 0.05) is 0 Å². The van der Waals surface area contributed by atoms with Crippen LogP contribution in [-0.4, -0.2) is 13.2 Å². The fraction of sp³-hybridized carbons (Fsp3) is 0.273. The molecule has 0 aliphatic carbocycles. The predicted molar refractivity (Wildman–Crippen MR) is 49.0 cm³/mol. The van der Waals surface area contributed by atoms with Gasteiger partial charge in [-0.2, -0.15) is 0 Å². The normalized spacial score (nSPS) is 15.3. The van der Waals surface area contributed by atoms with E-state index in [9.17, 15) is 4.39 Å². The highest BCUT2D eigenvalue weighted by molar-refractivity contribution is 5.21. The van der Waals surface area contributed by atoms with E-state index in [-0.39, 0.29) is 5.82 Å². The topological polar surface area (TPSA) is 9.23 Å². The van der Waals surface area contributed by atoms with Gasteiger partial charge >= 0.3 is 0 Å². The van der Waals surface area contributed by atoms with Gasteiger partial charge in [-0.3, -0.25) is 0 Å². The Kier molecular flexibility index (Phi) is 2.41. The van der Waals surface area contributed by atoms with Crippen molar-refractivity contribution in [3.05, 3.63) is 47.3 Å². The van der Waals surface area contributed by atoms with Gasteiger partial charge in [-0.1, -0.05) is 18.2 Å². The Bertz CT molecular complexity index is 307. The molecule has 1 aromatic rings. The fourth-order valence-corrected chi connectivity index (χ4v) is 1.22. The quantitative estimate of drug-likeness (QED) is 0.631. The second kappa shape index (κ2) is 3.71. The van der Waals surface area contributed by atoms with Crippen LogP contribution in [0.2, 0.25) is 0 Å². The van der Waals surface area contributed by atoms with Gasteiger partial charge < -0.3 is 4.74 Å². The molecule has 1 saturated heterocycles. The van der Waals surface area contributed by atoms with Crippen LogP contribution in [0.3, 0.4) is 0 Å². The number of halogens is 1. The number of hydrogen-bond donors (Lipinski definition) is 0. The molecule has 2 rings (SSSR count). The minimum atomic E-state index is -0.177. The van der Waals surface area contributed by atoms with Gasteiger partial charge in [0.1, 0.15) is 5.82 Å². The van der Waals surface area contributed by atoms with Crippen molar-refractivity contribution in [1.29, 1.82) is 0 Å². The van der Waals surface area contributed by atoms with E-state index in [1.807, 2.05) is 12.1 Å². The van der Waals surface area contributed by atoms with E-state index in [1.165, 1.54) is 17.7 Å². The smallest absolute Gasteiger partial charge is 0.123 e. The molecule has 0 amide bonds. The van der Waals surface area contributed by atoms with Crippen molar-refractivity contribution in [3.8, 4) is 0 Å². The third kappa shape index (κ3) is 2.16. The molecule has 1 aliphatic heterocycles. The zero-order valence-corrected chi connectivity index (χ0v) is 7.29. The van der Waals surface area contributed by atoms with Gasteiger partial charge in [0.25, 0.3) is 0 Å². The van der Waals surface area contributed by atoms with Crippen LogP contribution in [0.15, 0.2) is 35.9 Å². The zero-order valence-electron chi connectivity index (χ0n) is 7.29. The monoisotopic (exact) mass is 178 g/mol. The van der Waals surface area contributed by atoms with Crippen molar-refractivity contribution in [1.82, 2.24) is 0 Å². The highest BCUT2D eigenvalue weighted by atomic mass is 19.1. The van der Waals surface area contributed by atoms with E-state index in [2.05, 4.69) is 6.08 Å². The van der Waals surface area contributed by atoms with Crippen molar-refractivity contribution >= 4 is 0 Å². The van der Waals surface area contributed by atoms with Gasteiger partial charge in [0.15, 0.2) is 0 Å². The summed E-state index contributed by atoms with van der Waals surface area (Å²) in [5, 5.41) is 0. The molecule has 0 bridgehead atoms. The van der Waals surface area contributed by atoms with Crippen LogP contribution in [0.5, 0.6) is 0 Å². The van der Waals surface area contributed by atoms with Gasteiger partial charge in [-0.25, -0.2) is 4.39 Å². The molecular weight excluding hydrogens is 167 g/mol. The van der Waals surface area contributed by atoms with Crippen molar-refractivity contribution in [2.24, 2.45) is 0 Å². The van der Waals surface area contributed by atoms with E-state index < -0.39 is 0 Å². The van der Waals surface area contributed by atoms with E-state index in [4.69, 9.17) is 4.74 Å². The van der Waals surface area contributed by atoms with E-state index >= 15 is 0 Å². The van der Waals surface area contributed by atoms with Crippen LogP contribution in [0.25, 0.3) is 0 Å². The average Bonchev–Trinajstić information content (AvgIpc) is 2.05. The summed E-state index contributed by atoms with van der Waals surface area (Å²) < 4.78 is 17.5. The Morgan fingerprint density at radius 1 is 1.23 bits per heavy atom. The van der Waals surface area contributed by atoms with Crippen LogP contribution in [0.1, 0.15) is 5.56 Å². The third-order valence-corrected chi connectivity index (χ3v) is 2.11. The molecule has 1 heterocycles. The molecule has 0 saturated carbocycles. The molecule has 0 atom stereocenters. The second-order valence-electron chi connectivity index (χ2n) is 3.19. The predicted octanol–water partition coefficient (Wildman–Crippen LogP) is 2.32. The molecule has 13 heavy (non-hydrogen) atoms. The Morgan fingerprint density at radius 2 is 1.92 bits per heavy atom. The number of ether oxygens (including phenoxy) is 1. The molecular formula is C11H11FO. The molecule has 1 nitrogen and oxygen atoms in total. The van der Waals surface area contributed by atoms with Crippen LogP contribution in [0, 0.1) is 5.82 Å². The summed E-state index contributed by atoms with van der Waals surface area (Å²) in [5.74, 6) is -0.177.